The van der Waals surface area contributed by atoms with E-state index < -0.39 is 11.9 Å². The Bertz CT molecular complexity index is 950. The predicted molar refractivity (Wildman–Crippen MR) is 121 cm³/mol. The molecule has 0 bridgehead atoms. The number of nitrogens with one attached hydrogen (secondary N) is 1. The third kappa shape index (κ3) is 5.11. The van der Waals surface area contributed by atoms with Gasteiger partial charge in [-0.05, 0) is 75.4 Å². The largest absolute Gasteiger partial charge is 0.489 e. The predicted octanol–water partition coefficient (Wildman–Crippen LogP) is 3.33. The van der Waals surface area contributed by atoms with Gasteiger partial charge < -0.3 is 9.64 Å². The maximum Gasteiger partial charge on any atom is 0.255 e. The second-order valence-corrected chi connectivity index (χ2v) is 9.12. The fourth-order valence-electron chi connectivity index (χ4n) is 5.29. The van der Waals surface area contributed by atoms with E-state index in [4.69, 9.17) is 4.74 Å². The zero-order valence-electron chi connectivity index (χ0n) is 19.1. The number of imide groups is 1. The van der Waals surface area contributed by atoms with Crippen LogP contribution in [0.5, 0.6) is 5.75 Å². The van der Waals surface area contributed by atoms with Gasteiger partial charge in [-0.3, -0.25) is 24.6 Å². The molecule has 1 aromatic carbocycles. The number of ether oxygens (including phenoxy) is 1. The molecule has 0 spiro atoms. The number of carbonyl (C=O) groups is 3. The molecule has 33 heavy (non-hydrogen) atoms. The molecule has 3 amide bonds. The van der Waals surface area contributed by atoms with E-state index in [0.717, 1.165) is 50.1 Å². The summed E-state index contributed by atoms with van der Waals surface area (Å²) < 4.78 is 19.4. The average molecular weight is 458 g/mol. The minimum atomic E-state index is -0.621. The van der Waals surface area contributed by atoms with Gasteiger partial charge >= 0.3 is 0 Å². The fraction of sp³-hybridized carbons (Fsp3) is 0.560. The number of piperidine rings is 1. The summed E-state index contributed by atoms with van der Waals surface area (Å²) >= 11 is 0. The molecule has 3 aliphatic rings. The molecule has 178 valence electrons. The summed E-state index contributed by atoms with van der Waals surface area (Å²) in [4.78, 5) is 40.5. The van der Waals surface area contributed by atoms with Gasteiger partial charge in [0.15, 0.2) is 0 Å². The quantitative estimate of drug-likeness (QED) is 0.576. The van der Waals surface area contributed by atoms with Crippen LogP contribution in [0.3, 0.4) is 0 Å². The minimum absolute atomic E-state index is 0.0416. The van der Waals surface area contributed by atoms with Crippen molar-refractivity contribution >= 4 is 17.7 Å². The Labute approximate surface area is 193 Å². The summed E-state index contributed by atoms with van der Waals surface area (Å²) in [5.74, 6) is -0.441. The van der Waals surface area contributed by atoms with Gasteiger partial charge in [-0.15, -0.1) is 0 Å². The van der Waals surface area contributed by atoms with Crippen molar-refractivity contribution in [3.8, 4) is 5.75 Å². The second-order valence-electron chi connectivity index (χ2n) is 9.12. The van der Waals surface area contributed by atoms with Crippen molar-refractivity contribution in [2.45, 2.75) is 76.6 Å². The van der Waals surface area contributed by atoms with Crippen molar-refractivity contribution in [1.29, 1.82) is 0 Å². The lowest BCUT2D eigenvalue weighted by Crippen LogP contribution is -2.52. The van der Waals surface area contributed by atoms with Gasteiger partial charge in [0.1, 0.15) is 17.9 Å². The molecule has 1 saturated heterocycles. The van der Waals surface area contributed by atoms with Gasteiger partial charge in [0.2, 0.25) is 11.8 Å². The molecule has 7 nitrogen and oxygen atoms in total. The van der Waals surface area contributed by atoms with E-state index in [-0.39, 0.29) is 36.2 Å². The van der Waals surface area contributed by atoms with Gasteiger partial charge in [0.05, 0.1) is 5.83 Å². The lowest BCUT2D eigenvalue weighted by Gasteiger charge is -2.32. The lowest BCUT2D eigenvalue weighted by molar-refractivity contribution is -0.136. The highest BCUT2D eigenvalue weighted by Crippen LogP contribution is 2.33. The molecule has 3 atom stereocenters. The zero-order chi connectivity index (χ0) is 23.5. The van der Waals surface area contributed by atoms with Crippen LogP contribution in [0.25, 0.3) is 0 Å². The van der Waals surface area contributed by atoms with Crippen molar-refractivity contribution in [2.75, 3.05) is 13.1 Å². The monoisotopic (exact) mass is 457 g/mol. The highest BCUT2D eigenvalue weighted by atomic mass is 19.1. The molecule has 2 aliphatic heterocycles. The molecule has 4 rings (SSSR count). The first kappa shape index (κ1) is 23.4. The molecule has 8 heteroatoms. The third-order valence-electron chi connectivity index (χ3n) is 6.97. The number of rotatable bonds is 9. The summed E-state index contributed by atoms with van der Waals surface area (Å²) in [7, 11) is 0. The Morgan fingerprint density at radius 2 is 2.09 bits per heavy atom. The standard InChI is InChI=1S/C25H32FN3O4/c1-3-28(13-5-6-16(2)26)20-7-4-8-22(20)33-18-9-10-19-17(14-18)15-29(25(19)32)21-11-12-23(30)27-24(21)31/h9-10,14,20-22H,2-8,11-13,15H2,1H3,(H,27,30,31)/t20-,21?,22-/m0/s1. The number of hydrogen-bond acceptors (Lipinski definition) is 5. The molecule has 2 fully saturated rings. The molecular weight excluding hydrogens is 425 g/mol. The van der Waals surface area contributed by atoms with Gasteiger partial charge in [-0.25, -0.2) is 4.39 Å². The maximum atomic E-state index is 13.0. The Kier molecular flexibility index (Phi) is 7.12. The molecular formula is C25H32FN3O4. The first-order valence-electron chi connectivity index (χ1n) is 11.9. The summed E-state index contributed by atoms with van der Waals surface area (Å²) in [6.45, 7) is 7.48. The maximum absolute atomic E-state index is 13.0. The van der Waals surface area contributed by atoms with E-state index in [1.165, 1.54) is 0 Å². The highest BCUT2D eigenvalue weighted by Gasteiger charge is 2.39. The normalized spacial score (nSPS) is 24.9. The Morgan fingerprint density at radius 1 is 1.27 bits per heavy atom. The molecule has 1 aliphatic carbocycles. The van der Waals surface area contributed by atoms with Crippen molar-refractivity contribution in [3.05, 3.63) is 41.7 Å². The van der Waals surface area contributed by atoms with E-state index in [1.54, 1.807) is 11.0 Å². The Balaban J connectivity index is 1.41. The van der Waals surface area contributed by atoms with Crippen molar-refractivity contribution < 1.29 is 23.5 Å². The Hall–Kier alpha value is -2.74. The lowest BCUT2D eigenvalue weighted by atomic mass is 10.0. The smallest absolute Gasteiger partial charge is 0.255 e. The van der Waals surface area contributed by atoms with Crippen LogP contribution >= 0.6 is 0 Å². The average Bonchev–Trinajstić information content (AvgIpc) is 3.35. The molecule has 1 N–H and O–H groups in total. The number of halogens is 1. The molecule has 1 unspecified atom stereocenters. The number of carbonyl (C=O) groups excluding carboxylic acids is 3. The van der Waals surface area contributed by atoms with Crippen LogP contribution < -0.4 is 10.1 Å². The van der Waals surface area contributed by atoms with Gasteiger partial charge in [0.25, 0.3) is 5.91 Å². The first-order valence-corrected chi connectivity index (χ1v) is 11.9. The van der Waals surface area contributed by atoms with Gasteiger partial charge in [0, 0.05) is 24.6 Å². The molecule has 1 aromatic rings. The summed E-state index contributed by atoms with van der Waals surface area (Å²) in [6, 6.07) is 5.15. The number of amides is 3. The van der Waals surface area contributed by atoms with Crippen molar-refractivity contribution in [3.63, 3.8) is 0 Å². The number of hydrogen-bond donors (Lipinski definition) is 1. The van der Waals surface area contributed by atoms with Crippen LogP contribution in [0.15, 0.2) is 30.6 Å². The molecule has 0 radical (unpaired) electrons. The van der Waals surface area contributed by atoms with Crippen LogP contribution in [-0.2, 0) is 16.1 Å². The second kappa shape index (κ2) is 10.0. The number of nitrogens with zero attached hydrogens (tertiary/aromatic N) is 2. The van der Waals surface area contributed by atoms with Crippen LogP contribution in [-0.4, -0.2) is 58.8 Å². The third-order valence-corrected chi connectivity index (χ3v) is 6.97. The zero-order valence-corrected chi connectivity index (χ0v) is 19.1. The van der Waals surface area contributed by atoms with Crippen LogP contribution in [0, 0.1) is 0 Å². The van der Waals surface area contributed by atoms with Gasteiger partial charge in [-0.2, -0.15) is 0 Å². The van der Waals surface area contributed by atoms with E-state index in [2.05, 4.69) is 23.7 Å². The highest BCUT2D eigenvalue weighted by molar-refractivity contribution is 6.05. The van der Waals surface area contributed by atoms with Crippen LogP contribution in [0.1, 0.15) is 67.8 Å². The topological polar surface area (TPSA) is 79.0 Å². The first-order chi connectivity index (χ1) is 15.9. The van der Waals surface area contributed by atoms with E-state index in [0.29, 0.717) is 24.9 Å². The molecule has 2 heterocycles. The molecule has 0 aromatic heterocycles. The Morgan fingerprint density at radius 3 is 2.82 bits per heavy atom. The SMILES string of the molecule is C=C(F)CCCN(CC)[C@H]1CCC[C@@H]1Oc1ccc2c(c1)CN(C1CCC(=O)NC1=O)C2=O. The van der Waals surface area contributed by atoms with Gasteiger partial charge in [-0.1, -0.05) is 13.5 Å². The van der Waals surface area contributed by atoms with E-state index in [9.17, 15) is 18.8 Å². The number of benzene rings is 1. The number of fused-ring (bicyclic) bond motifs is 1. The fourth-order valence-corrected chi connectivity index (χ4v) is 5.29. The summed E-state index contributed by atoms with van der Waals surface area (Å²) in [5, 5.41) is 2.33. The van der Waals surface area contributed by atoms with Crippen LogP contribution in [0.2, 0.25) is 0 Å². The summed E-state index contributed by atoms with van der Waals surface area (Å²) in [5.41, 5.74) is 1.42. The van der Waals surface area contributed by atoms with E-state index in [1.807, 2.05) is 12.1 Å². The van der Waals surface area contributed by atoms with Crippen molar-refractivity contribution in [2.24, 2.45) is 0 Å². The number of likely N-dealkylation sites (N-methyl/N-ethyl adjacent to an activating group) is 1. The molecule has 1 saturated carbocycles. The number of allylic oxidation sites excluding steroid dienone is 1. The minimum Gasteiger partial charge on any atom is -0.489 e. The van der Waals surface area contributed by atoms with Crippen LogP contribution in [0.4, 0.5) is 4.39 Å². The summed E-state index contributed by atoms with van der Waals surface area (Å²) in [6.07, 6.45) is 4.83. The van der Waals surface area contributed by atoms with Crippen molar-refractivity contribution in [1.82, 2.24) is 15.1 Å². The van der Waals surface area contributed by atoms with E-state index >= 15 is 0 Å².